The largest absolute Gasteiger partial charge is 0.462 e. The number of hydrogen-bond donors (Lipinski definition) is 3. The van der Waals surface area contributed by atoms with E-state index in [0.717, 1.165) is 12.0 Å². The Balaban J connectivity index is 1.53. The molecule has 8 heteroatoms. The lowest BCUT2D eigenvalue weighted by Gasteiger charge is -2.51. The van der Waals surface area contributed by atoms with Crippen LogP contribution in [0.25, 0.3) is 0 Å². The van der Waals surface area contributed by atoms with Crippen LogP contribution in [0.5, 0.6) is 0 Å². The molecule has 0 amide bonds. The molecule has 232 valence electrons. The molecule has 5 aliphatic rings. The fourth-order valence-electron chi connectivity index (χ4n) is 7.39. The van der Waals surface area contributed by atoms with Gasteiger partial charge in [-0.15, -0.1) is 0 Å². The minimum absolute atomic E-state index is 0.110. The summed E-state index contributed by atoms with van der Waals surface area (Å²) < 4.78 is 25.5. The van der Waals surface area contributed by atoms with Crippen LogP contribution in [0.3, 0.4) is 0 Å². The number of fused-ring (bicyclic) bond motifs is 2. The molecule has 0 aromatic carbocycles. The third-order valence-electron chi connectivity index (χ3n) is 9.97. The number of aliphatic hydroxyl groups is 3. The van der Waals surface area contributed by atoms with Gasteiger partial charge in [0.2, 0.25) is 0 Å². The Bertz CT molecular complexity index is 1200. The van der Waals surface area contributed by atoms with E-state index >= 15 is 0 Å². The second kappa shape index (κ2) is 12.1. The highest BCUT2D eigenvalue weighted by Gasteiger charge is 2.60. The van der Waals surface area contributed by atoms with Crippen molar-refractivity contribution >= 4 is 5.97 Å². The molecule has 1 spiro atoms. The summed E-state index contributed by atoms with van der Waals surface area (Å²) in [4.78, 5) is 14.0. The van der Waals surface area contributed by atoms with E-state index in [1.807, 2.05) is 39.0 Å². The monoisotopic (exact) mass is 584 g/mol. The highest BCUT2D eigenvalue weighted by molar-refractivity contribution is 5.78. The van der Waals surface area contributed by atoms with Crippen LogP contribution < -0.4 is 0 Å². The van der Waals surface area contributed by atoms with Gasteiger partial charge in [0.1, 0.15) is 29.8 Å². The molecule has 2 bridgehead atoms. The van der Waals surface area contributed by atoms with Crippen LogP contribution in [0.15, 0.2) is 58.7 Å². The lowest BCUT2D eigenvalue weighted by Crippen LogP contribution is -2.59. The summed E-state index contributed by atoms with van der Waals surface area (Å²) in [5.74, 6) is -2.61. The molecule has 8 nitrogen and oxygen atoms in total. The Morgan fingerprint density at radius 1 is 1.12 bits per heavy atom. The van der Waals surface area contributed by atoms with E-state index in [4.69, 9.17) is 18.9 Å². The maximum Gasteiger partial charge on any atom is 0.316 e. The molecular formula is C34H48O8. The minimum atomic E-state index is -1.74. The summed E-state index contributed by atoms with van der Waals surface area (Å²) in [5, 5.41) is 34.1. The summed E-state index contributed by atoms with van der Waals surface area (Å²) in [6, 6.07) is 0. The number of esters is 1. The third-order valence-corrected chi connectivity index (χ3v) is 9.97. The number of ether oxygens (including phenoxy) is 4. The Morgan fingerprint density at radius 3 is 2.62 bits per heavy atom. The molecule has 0 aromatic heterocycles. The van der Waals surface area contributed by atoms with E-state index in [0.29, 0.717) is 24.0 Å². The summed E-state index contributed by atoms with van der Waals surface area (Å²) in [6.07, 6.45) is 10.3. The molecule has 0 radical (unpaired) electrons. The quantitative estimate of drug-likeness (QED) is 0.306. The highest BCUT2D eigenvalue weighted by atomic mass is 16.7. The summed E-state index contributed by atoms with van der Waals surface area (Å²) in [5.41, 5.74) is 1.61. The van der Waals surface area contributed by atoms with Crippen molar-refractivity contribution in [2.75, 3.05) is 6.61 Å². The van der Waals surface area contributed by atoms with Gasteiger partial charge in [0.15, 0.2) is 5.79 Å². The fourth-order valence-corrected chi connectivity index (χ4v) is 7.39. The van der Waals surface area contributed by atoms with Crippen LogP contribution in [0.1, 0.15) is 73.6 Å². The van der Waals surface area contributed by atoms with E-state index in [9.17, 15) is 20.1 Å². The van der Waals surface area contributed by atoms with Crippen molar-refractivity contribution in [2.24, 2.45) is 17.8 Å². The number of carbonyl (C=O) groups is 1. The molecule has 0 saturated carbocycles. The summed E-state index contributed by atoms with van der Waals surface area (Å²) in [6.45, 7) is 12.0. The van der Waals surface area contributed by atoms with Crippen LogP contribution in [0.2, 0.25) is 0 Å². The first kappa shape index (κ1) is 31.4. The van der Waals surface area contributed by atoms with E-state index in [1.165, 1.54) is 5.57 Å². The van der Waals surface area contributed by atoms with Crippen LogP contribution in [-0.2, 0) is 23.7 Å². The van der Waals surface area contributed by atoms with Crippen LogP contribution in [0.4, 0.5) is 0 Å². The average molecular weight is 585 g/mol. The summed E-state index contributed by atoms with van der Waals surface area (Å²) >= 11 is 0. The molecule has 1 aliphatic carbocycles. The maximum absolute atomic E-state index is 14.0. The predicted molar refractivity (Wildman–Crippen MR) is 158 cm³/mol. The van der Waals surface area contributed by atoms with Crippen LogP contribution in [0, 0.1) is 17.8 Å². The fraction of sp³-hybridized carbons (Fsp3) is 0.676. The number of allylic oxidation sites excluding steroid dienone is 5. The number of hydrogen-bond acceptors (Lipinski definition) is 8. The topological polar surface area (TPSA) is 115 Å². The van der Waals surface area contributed by atoms with Gasteiger partial charge in [-0.3, -0.25) is 4.79 Å². The van der Waals surface area contributed by atoms with Gasteiger partial charge in [-0.25, -0.2) is 0 Å². The standard InChI is InChI=1S/C34H48O8/c1-7-21(4)30-23(6)28(35)17-33(42-30)16-26-15-25(41-33)12-11-20(3)13-19(2)9-8-10-24-18-39-31-29(36)22(5)14-27(32(37)40-26)34(24,31)38/h7-11,14,19,23,25-31,35-36,38H,12-13,15-18H2,1-6H3/b9-8-,20-11-,21-7+,24-10-/t19-,23-,25+,26-,27-,28-,29+,30+,31+,33-,34+/m0/s1. The Kier molecular flexibility index (Phi) is 9.06. The van der Waals surface area contributed by atoms with E-state index in [1.54, 1.807) is 13.0 Å². The lowest BCUT2D eigenvalue weighted by atomic mass is 9.71. The van der Waals surface area contributed by atoms with Crippen molar-refractivity contribution in [3.8, 4) is 0 Å². The summed E-state index contributed by atoms with van der Waals surface area (Å²) in [7, 11) is 0. The predicted octanol–water partition coefficient (Wildman–Crippen LogP) is 4.45. The molecule has 4 aliphatic heterocycles. The third kappa shape index (κ3) is 5.86. The number of rotatable bonds is 1. The van der Waals surface area contributed by atoms with Crippen molar-refractivity contribution in [3.05, 3.63) is 58.7 Å². The first-order valence-electron chi connectivity index (χ1n) is 15.5. The van der Waals surface area contributed by atoms with Gasteiger partial charge >= 0.3 is 5.97 Å². The van der Waals surface area contributed by atoms with Gasteiger partial charge in [0.25, 0.3) is 0 Å². The van der Waals surface area contributed by atoms with Crippen molar-refractivity contribution in [1.29, 1.82) is 0 Å². The SMILES string of the molecule is C/C=C(\C)[C@H]1O[C@@]2(C[C@@H]3C[C@@H](C/C=C(/C)C[C@@H](C)/C=C\C=C4\CO[C@@H]5[C@H](O)C(C)=C[C@@H](C(=O)O3)[C@]45O)O2)C[C@H](O)[C@@H]1C. The van der Waals surface area contributed by atoms with E-state index in [2.05, 4.69) is 26.0 Å². The Morgan fingerprint density at radius 2 is 1.88 bits per heavy atom. The smallest absolute Gasteiger partial charge is 0.316 e. The molecule has 4 heterocycles. The molecule has 11 atom stereocenters. The Labute approximate surface area is 249 Å². The van der Waals surface area contributed by atoms with Crippen molar-refractivity contribution in [1.82, 2.24) is 0 Å². The van der Waals surface area contributed by atoms with Crippen LogP contribution in [-0.4, -0.2) is 75.9 Å². The zero-order chi connectivity index (χ0) is 30.4. The lowest BCUT2D eigenvalue weighted by molar-refractivity contribution is -0.342. The maximum atomic E-state index is 14.0. The minimum Gasteiger partial charge on any atom is -0.462 e. The second-order valence-electron chi connectivity index (χ2n) is 13.3. The molecule has 3 N–H and O–H groups in total. The molecule has 42 heavy (non-hydrogen) atoms. The number of carbonyl (C=O) groups excluding carboxylic acids is 1. The van der Waals surface area contributed by atoms with Gasteiger partial charge < -0.3 is 34.3 Å². The zero-order valence-electron chi connectivity index (χ0n) is 25.8. The van der Waals surface area contributed by atoms with Gasteiger partial charge in [0.05, 0.1) is 24.9 Å². The molecule has 0 aromatic rings. The first-order chi connectivity index (χ1) is 19.9. The first-order valence-corrected chi connectivity index (χ1v) is 15.5. The van der Waals surface area contributed by atoms with Gasteiger partial charge in [-0.2, -0.15) is 0 Å². The van der Waals surface area contributed by atoms with E-state index in [-0.39, 0.29) is 43.5 Å². The molecule has 3 saturated heterocycles. The molecule has 5 rings (SSSR count). The highest BCUT2D eigenvalue weighted by Crippen LogP contribution is 2.47. The second-order valence-corrected chi connectivity index (χ2v) is 13.3. The molecule has 0 unspecified atom stereocenters. The van der Waals surface area contributed by atoms with Gasteiger partial charge in [-0.05, 0) is 63.2 Å². The normalized spacial score (nSPS) is 48.3. The van der Waals surface area contributed by atoms with Crippen molar-refractivity contribution in [2.45, 2.75) is 122 Å². The zero-order valence-corrected chi connectivity index (χ0v) is 25.8. The number of aliphatic hydroxyl groups excluding tert-OH is 2. The Hall–Kier alpha value is -2.07. The van der Waals surface area contributed by atoms with E-state index < -0.39 is 47.7 Å². The van der Waals surface area contributed by atoms with Crippen LogP contribution >= 0.6 is 0 Å². The molecule has 3 fully saturated rings. The van der Waals surface area contributed by atoms with Gasteiger partial charge in [-0.1, -0.05) is 55.9 Å². The van der Waals surface area contributed by atoms with Gasteiger partial charge in [0, 0.05) is 25.2 Å². The average Bonchev–Trinajstić information content (AvgIpc) is 3.27. The van der Waals surface area contributed by atoms with Crippen molar-refractivity contribution in [3.63, 3.8) is 0 Å². The molecular weight excluding hydrogens is 536 g/mol. The van der Waals surface area contributed by atoms with Crippen molar-refractivity contribution < 1.29 is 39.1 Å².